The Morgan fingerprint density at radius 3 is 2.43 bits per heavy atom. The summed E-state index contributed by atoms with van der Waals surface area (Å²) in [4.78, 5) is 2.66. The van der Waals surface area contributed by atoms with Crippen molar-refractivity contribution in [2.24, 2.45) is 17.6 Å². The molecular formula is C12H24N2. The Balaban J connectivity index is 1.95. The molecule has 1 saturated heterocycles. The van der Waals surface area contributed by atoms with E-state index in [9.17, 15) is 0 Å². The Bertz CT molecular complexity index is 185. The van der Waals surface area contributed by atoms with Crippen LogP contribution in [0.3, 0.4) is 0 Å². The number of rotatable bonds is 3. The lowest BCUT2D eigenvalue weighted by atomic mass is 9.94. The van der Waals surface area contributed by atoms with Gasteiger partial charge in [0.05, 0.1) is 0 Å². The maximum atomic E-state index is 6.04. The molecule has 2 N–H and O–H groups in total. The summed E-state index contributed by atoms with van der Waals surface area (Å²) in [6.07, 6.45) is 5.44. The van der Waals surface area contributed by atoms with Gasteiger partial charge in [0, 0.05) is 18.6 Å². The molecule has 2 fully saturated rings. The Kier molecular flexibility index (Phi) is 3.13. The standard InChI is InChI=1S/C12H24N2/c1-9(2)12(10-5-6-10)14-7-3-4-11(13)8-14/h9-12H,3-8,13H2,1-2H3. The van der Waals surface area contributed by atoms with Crippen molar-refractivity contribution in [2.45, 2.75) is 51.6 Å². The van der Waals surface area contributed by atoms with Gasteiger partial charge >= 0.3 is 0 Å². The molecule has 1 aliphatic heterocycles. The Morgan fingerprint density at radius 2 is 1.93 bits per heavy atom. The van der Waals surface area contributed by atoms with E-state index in [1.165, 1.54) is 32.2 Å². The molecule has 0 spiro atoms. The van der Waals surface area contributed by atoms with Crippen molar-refractivity contribution in [1.82, 2.24) is 4.90 Å². The molecule has 2 atom stereocenters. The zero-order valence-electron chi connectivity index (χ0n) is 9.58. The molecule has 0 radical (unpaired) electrons. The van der Waals surface area contributed by atoms with Crippen LogP contribution in [-0.2, 0) is 0 Å². The fourth-order valence-electron chi connectivity index (χ4n) is 3.01. The normalized spacial score (nSPS) is 32.1. The molecule has 14 heavy (non-hydrogen) atoms. The second kappa shape index (κ2) is 4.19. The quantitative estimate of drug-likeness (QED) is 0.746. The minimum absolute atomic E-state index is 0.434. The van der Waals surface area contributed by atoms with Crippen LogP contribution < -0.4 is 5.73 Å². The minimum atomic E-state index is 0.434. The van der Waals surface area contributed by atoms with Gasteiger partial charge in [-0.3, -0.25) is 4.90 Å². The van der Waals surface area contributed by atoms with Gasteiger partial charge < -0.3 is 5.73 Å². The van der Waals surface area contributed by atoms with Gasteiger partial charge in [-0.15, -0.1) is 0 Å². The molecule has 2 aliphatic rings. The molecular weight excluding hydrogens is 172 g/mol. The first-order valence-electron chi connectivity index (χ1n) is 6.18. The average Bonchev–Trinajstić information content (AvgIpc) is 2.88. The van der Waals surface area contributed by atoms with Crippen LogP contribution in [-0.4, -0.2) is 30.1 Å². The third kappa shape index (κ3) is 2.29. The van der Waals surface area contributed by atoms with Crippen molar-refractivity contribution < 1.29 is 0 Å². The minimum Gasteiger partial charge on any atom is -0.327 e. The van der Waals surface area contributed by atoms with E-state index in [4.69, 9.17) is 5.73 Å². The predicted molar refractivity (Wildman–Crippen MR) is 60.1 cm³/mol. The number of hydrogen-bond acceptors (Lipinski definition) is 2. The average molecular weight is 196 g/mol. The molecule has 2 rings (SSSR count). The van der Waals surface area contributed by atoms with E-state index in [1.54, 1.807) is 0 Å². The van der Waals surface area contributed by atoms with Crippen molar-refractivity contribution in [1.29, 1.82) is 0 Å². The van der Waals surface area contributed by atoms with Gasteiger partial charge in [-0.2, -0.15) is 0 Å². The van der Waals surface area contributed by atoms with Crippen LogP contribution >= 0.6 is 0 Å². The highest BCUT2D eigenvalue weighted by Crippen LogP contribution is 2.39. The van der Waals surface area contributed by atoms with Crippen LogP contribution in [0.4, 0.5) is 0 Å². The summed E-state index contributed by atoms with van der Waals surface area (Å²) in [6.45, 7) is 7.15. The number of hydrogen-bond donors (Lipinski definition) is 1. The van der Waals surface area contributed by atoms with Gasteiger partial charge in [0.25, 0.3) is 0 Å². The highest BCUT2D eigenvalue weighted by Gasteiger charge is 2.38. The zero-order valence-corrected chi connectivity index (χ0v) is 9.58. The highest BCUT2D eigenvalue weighted by atomic mass is 15.2. The molecule has 2 heteroatoms. The van der Waals surface area contributed by atoms with Gasteiger partial charge in [0.2, 0.25) is 0 Å². The second-order valence-electron chi connectivity index (χ2n) is 5.47. The largest absolute Gasteiger partial charge is 0.327 e. The first kappa shape index (κ1) is 10.4. The van der Waals surface area contributed by atoms with E-state index in [1.807, 2.05) is 0 Å². The lowest BCUT2D eigenvalue weighted by Gasteiger charge is -2.39. The summed E-state index contributed by atoms with van der Waals surface area (Å²) in [5, 5.41) is 0. The van der Waals surface area contributed by atoms with Crippen molar-refractivity contribution in [3.8, 4) is 0 Å². The molecule has 0 aromatic heterocycles. The molecule has 0 aromatic carbocycles. The second-order valence-corrected chi connectivity index (χ2v) is 5.47. The molecule has 82 valence electrons. The van der Waals surface area contributed by atoms with Crippen molar-refractivity contribution >= 4 is 0 Å². The molecule has 2 nitrogen and oxygen atoms in total. The van der Waals surface area contributed by atoms with Gasteiger partial charge in [-0.05, 0) is 44.1 Å². The van der Waals surface area contributed by atoms with E-state index in [2.05, 4.69) is 18.7 Å². The molecule has 0 amide bonds. The van der Waals surface area contributed by atoms with Crippen LogP contribution in [0.1, 0.15) is 39.5 Å². The lowest BCUT2D eigenvalue weighted by Crippen LogP contribution is -2.50. The zero-order chi connectivity index (χ0) is 10.1. The van der Waals surface area contributed by atoms with Crippen LogP contribution in [0.15, 0.2) is 0 Å². The summed E-state index contributed by atoms with van der Waals surface area (Å²) in [5.41, 5.74) is 6.04. The summed E-state index contributed by atoms with van der Waals surface area (Å²) < 4.78 is 0. The molecule has 1 aliphatic carbocycles. The molecule has 2 unspecified atom stereocenters. The third-order valence-electron chi connectivity index (χ3n) is 3.70. The van der Waals surface area contributed by atoms with E-state index < -0.39 is 0 Å². The van der Waals surface area contributed by atoms with Crippen LogP contribution in [0.5, 0.6) is 0 Å². The maximum absolute atomic E-state index is 6.04. The lowest BCUT2D eigenvalue weighted by molar-refractivity contribution is 0.102. The number of piperidine rings is 1. The van der Waals surface area contributed by atoms with Gasteiger partial charge in [0.15, 0.2) is 0 Å². The molecule has 1 heterocycles. The smallest absolute Gasteiger partial charge is 0.0168 e. The first-order valence-corrected chi connectivity index (χ1v) is 6.18. The van der Waals surface area contributed by atoms with Gasteiger partial charge in [-0.1, -0.05) is 13.8 Å². The summed E-state index contributed by atoms with van der Waals surface area (Å²) >= 11 is 0. The highest BCUT2D eigenvalue weighted by molar-refractivity contribution is 4.92. The predicted octanol–water partition coefficient (Wildman–Crippen LogP) is 1.84. The van der Waals surface area contributed by atoms with Crippen LogP contribution in [0.25, 0.3) is 0 Å². The van der Waals surface area contributed by atoms with E-state index in [-0.39, 0.29) is 0 Å². The topological polar surface area (TPSA) is 29.3 Å². The van der Waals surface area contributed by atoms with E-state index in [0.717, 1.165) is 24.4 Å². The number of nitrogens with two attached hydrogens (primary N) is 1. The summed E-state index contributed by atoms with van der Waals surface area (Å²) in [7, 11) is 0. The van der Waals surface area contributed by atoms with Crippen molar-refractivity contribution in [3.63, 3.8) is 0 Å². The van der Waals surface area contributed by atoms with Crippen LogP contribution in [0.2, 0.25) is 0 Å². The monoisotopic (exact) mass is 196 g/mol. The van der Waals surface area contributed by atoms with Crippen molar-refractivity contribution in [3.05, 3.63) is 0 Å². The first-order chi connectivity index (χ1) is 6.68. The molecule has 0 bridgehead atoms. The number of nitrogens with zero attached hydrogens (tertiary/aromatic N) is 1. The maximum Gasteiger partial charge on any atom is 0.0168 e. The summed E-state index contributed by atoms with van der Waals surface area (Å²) in [5.74, 6) is 1.79. The van der Waals surface area contributed by atoms with E-state index in [0.29, 0.717) is 6.04 Å². The Labute approximate surface area is 87.8 Å². The van der Waals surface area contributed by atoms with Crippen molar-refractivity contribution in [2.75, 3.05) is 13.1 Å². The summed E-state index contributed by atoms with van der Waals surface area (Å²) in [6, 6.07) is 1.25. The Hall–Kier alpha value is -0.0800. The fourth-order valence-corrected chi connectivity index (χ4v) is 3.01. The molecule has 1 saturated carbocycles. The van der Waals surface area contributed by atoms with Gasteiger partial charge in [0.1, 0.15) is 0 Å². The number of likely N-dealkylation sites (tertiary alicyclic amines) is 1. The van der Waals surface area contributed by atoms with E-state index >= 15 is 0 Å². The Morgan fingerprint density at radius 1 is 1.21 bits per heavy atom. The molecule has 0 aromatic rings. The third-order valence-corrected chi connectivity index (χ3v) is 3.70. The fraction of sp³-hybridized carbons (Fsp3) is 1.00. The SMILES string of the molecule is CC(C)C(C1CC1)N1CCCC(N)C1. The van der Waals surface area contributed by atoms with Crippen LogP contribution in [0, 0.1) is 11.8 Å². The van der Waals surface area contributed by atoms with Gasteiger partial charge in [-0.25, -0.2) is 0 Å².